The number of nitrogens with zero attached hydrogens (tertiary/aromatic N) is 2. The molecule has 0 spiro atoms. The van der Waals surface area contributed by atoms with E-state index in [0.29, 0.717) is 0 Å². The van der Waals surface area contributed by atoms with Crippen LogP contribution in [-0.2, 0) is 0 Å². The van der Waals surface area contributed by atoms with Crippen LogP contribution in [0.15, 0.2) is 235 Å². The first-order valence-electron chi connectivity index (χ1n) is 20.1. The highest BCUT2D eigenvalue weighted by molar-refractivity contribution is 6.06. The van der Waals surface area contributed by atoms with Crippen molar-refractivity contribution in [3.8, 4) is 22.3 Å². The lowest BCUT2D eigenvalue weighted by Gasteiger charge is -2.29. The smallest absolute Gasteiger partial charge is 0.135 e. The van der Waals surface area contributed by atoms with E-state index in [9.17, 15) is 0 Å². The summed E-state index contributed by atoms with van der Waals surface area (Å²) in [5.41, 5.74) is 13.0. The molecule has 11 aromatic rings. The minimum atomic E-state index is 0.878. The highest BCUT2D eigenvalue weighted by atomic mass is 16.3. The van der Waals surface area contributed by atoms with Gasteiger partial charge in [0.1, 0.15) is 11.2 Å². The van der Waals surface area contributed by atoms with Crippen molar-refractivity contribution in [3.63, 3.8) is 0 Å². The van der Waals surface area contributed by atoms with Crippen LogP contribution in [-0.4, -0.2) is 0 Å². The van der Waals surface area contributed by atoms with Crippen molar-refractivity contribution >= 4 is 77.6 Å². The van der Waals surface area contributed by atoms with E-state index in [1.54, 1.807) is 0 Å². The SMILES string of the molecule is c1ccc(N(c2ccc(-c3cc4ccccc4cc3-c3ccc4ccccc4c3)cc2)c2cccc(N(c3ccccc3)c3ccc4oc5ccccc5c4c3)c2)cc1. The second-order valence-corrected chi connectivity index (χ2v) is 15.0. The zero-order valence-electron chi connectivity index (χ0n) is 32.2. The predicted octanol–water partition coefficient (Wildman–Crippen LogP) is 16.2. The van der Waals surface area contributed by atoms with Crippen molar-refractivity contribution in [3.05, 3.63) is 231 Å². The molecule has 59 heavy (non-hydrogen) atoms. The van der Waals surface area contributed by atoms with Crippen LogP contribution in [0.25, 0.3) is 65.7 Å². The third-order valence-corrected chi connectivity index (χ3v) is 11.4. The number of para-hydroxylation sites is 3. The summed E-state index contributed by atoms with van der Waals surface area (Å²) in [6.07, 6.45) is 0. The van der Waals surface area contributed by atoms with Crippen LogP contribution < -0.4 is 9.80 Å². The molecule has 0 saturated heterocycles. The summed E-state index contributed by atoms with van der Waals surface area (Å²) in [6.45, 7) is 0. The quantitative estimate of drug-likeness (QED) is 0.154. The third-order valence-electron chi connectivity index (χ3n) is 11.4. The molecule has 0 aliphatic heterocycles. The Bertz CT molecular complexity index is 3280. The zero-order valence-corrected chi connectivity index (χ0v) is 32.2. The Morgan fingerprint density at radius 3 is 1.39 bits per heavy atom. The van der Waals surface area contributed by atoms with E-state index < -0.39 is 0 Å². The molecule has 1 heterocycles. The molecule has 0 bridgehead atoms. The average Bonchev–Trinajstić information content (AvgIpc) is 3.68. The summed E-state index contributed by atoms with van der Waals surface area (Å²) in [4.78, 5) is 4.67. The monoisotopic (exact) mass is 754 g/mol. The van der Waals surface area contributed by atoms with Crippen LogP contribution in [0, 0.1) is 0 Å². The van der Waals surface area contributed by atoms with E-state index in [-0.39, 0.29) is 0 Å². The summed E-state index contributed by atoms with van der Waals surface area (Å²) in [5, 5.41) is 7.14. The fourth-order valence-corrected chi connectivity index (χ4v) is 8.54. The zero-order chi connectivity index (χ0) is 39.1. The van der Waals surface area contributed by atoms with Gasteiger partial charge in [-0.05, 0) is 141 Å². The van der Waals surface area contributed by atoms with Gasteiger partial charge in [-0.1, -0.05) is 133 Å². The minimum absolute atomic E-state index is 0.878. The third kappa shape index (κ3) is 6.36. The van der Waals surface area contributed by atoms with E-state index in [1.807, 2.05) is 12.1 Å². The Labute approximate surface area is 343 Å². The van der Waals surface area contributed by atoms with Crippen molar-refractivity contribution < 1.29 is 4.42 Å². The van der Waals surface area contributed by atoms with Gasteiger partial charge in [-0.25, -0.2) is 0 Å². The lowest BCUT2D eigenvalue weighted by atomic mass is 9.90. The van der Waals surface area contributed by atoms with Gasteiger partial charge >= 0.3 is 0 Å². The Kier molecular flexibility index (Phi) is 8.49. The van der Waals surface area contributed by atoms with Crippen LogP contribution in [0.3, 0.4) is 0 Å². The maximum atomic E-state index is 6.22. The van der Waals surface area contributed by atoms with Crippen LogP contribution in [0.4, 0.5) is 34.1 Å². The molecule has 1 aromatic heterocycles. The number of benzene rings is 10. The van der Waals surface area contributed by atoms with Crippen molar-refractivity contribution in [1.29, 1.82) is 0 Å². The minimum Gasteiger partial charge on any atom is -0.456 e. The van der Waals surface area contributed by atoms with Crippen LogP contribution >= 0.6 is 0 Å². The van der Waals surface area contributed by atoms with Crippen LogP contribution in [0.1, 0.15) is 0 Å². The molecule has 278 valence electrons. The van der Waals surface area contributed by atoms with Gasteiger partial charge in [0.25, 0.3) is 0 Å². The number of hydrogen-bond donors (Lipinski definition) is 0. The van der Waals surface area contributed by atoms with E-state index in [1.165, 1.54) is 43.8 Å². The van der Waals surface area contributed by atoms with Gasteiger partial charge in [0, 0.05) is 44.9 Å². The van der Waals surface area contributed by atoms with Crippen LogP contribution in [0.5, 0.6) is 0 Å². The Hall–Kier alpha value is -7.88. The van der Waals surface area contributed by atoms with Crippen LogP contribution in [0.2, 0.25) is 0 Å². The Morgan fingerprint density at radius 2 is 0.712 bits per heavy atom. The molecule has 10 aromatic carbocycles. The molecule has 0 saturated carbocycles. The second kappa shape index (κ2) is 14.6. The predicted molar refractivity (Wildman–Crippen MR) is 249 cm³/mol. The molecule has 0 atom stereocenters. The van der Waals surface area contributed by atoms with Gasteiger partial charge in [0.05, 0.1) is 0 Å². The summed E-state index contributed by atoms with van der Waals surface area (Å²) in [6, 6.07) is 82.5. The number of fused-ring (bicyclic) bond motifs is 5. The number of rotatable bonds is 8. The number of hydrogen-bond acceptors (Lipinski definition) is 3. The fourth-order valence-electron chi connectivity index (χ4n) is 8.54. The molecular weight excluding hydrogens is 717 g/mol. The maximum Gasteiger partial charge on any atom is 0.135 e. The molecule has 0 aliphatic carbocycles. The first kappa shape index (κ1) is 34.4. The van der Waals surface area contributed by atoms with E-state index in [2.05, 4.69) is 228 Å². The highest BCUT2D eigenvalue weighted by Crippen LogP contribution is 2.43. The van der Waals surface area contributed by atoms with E-state index in [0.717, 1.165) is 56.1 Å². The maximum absolute atomic E-state index is 6.22. The van der Waals surface area contributed by atoms with Crippen molar-refractivity contribution in [2.24, 2.45) is 0 Å². The lowest BCUT2D eigenvalue weighted by molar-refractivity contribution is 0.669. The lowest BCUT2D eigenvalue weighted by Crippen LogP contribution is -2.13. The highest BCUT2D eigenvalue weighted by Gasteiger charge is 2.19. The Morgan fingerprint density at radius 1 is 0.254 bits per heavy atom. The van der Waals surface area contributed by atoms with Gasteiger partial charge in [-0.3, -0.25) is 0 Å². The molecular formula is C56H38N2O. The summed E-state index contributed by atoms with van der Waals surface area (Å²) < 4.78 is 6.22. The van der Waals surface area contributed by atoms with Crippen molar-refractivity contribution in [2.45, 2.75) is 0 Å². The van der Waals surface area contributed by atoms with Gasteiger partial charge in [-0.2, -0.15) is 0 Å². The molecule has 11 rings (SSSR count). The molecule has 0 fully saturated rings. The molecule has 0 N–H and O–H groups in total. The second-order valence-electron chi connectivity index (χ2n) is 15.0. The first-order valence-corrected chi connectivity index (χ1v) is 20.1. The van der Waals surface area contributed by atoms with Crippen molar-refractivity contribution in [1.82, 2.24) is 0 Å². The largest absolute Gasteiger partial charge is 0.456 e. The molecule has 3 nitrogen and oxygen atoms in total. The van der Waals surface area contributed by atoms with E-state index in [4.69, 9.17) is 4.42 Å². The van der Waals surface area contributed by atoms with Gasteiger partial charge < -0.3 is 14.2 Å². The standard InChI is InChI=1S/C56H38N2O/c1-3-18-45(19-4-1)57(47-30-28-40(29-31-47)52-35-42-16-9-10-17-43(42)36-53(52)44-27-26-39-14-7-8-15-41(39)34-44)48-22-13-23-49(37-48)58(46-20-5-2-6-21-46)50-32-33-56-54(38-50)51-24-11-12-25-55(51)59-56/h1-38H. The normalized spacial score (nSPS) is 11.4. The van der Waals surface area contributed by atoms with Gasteiger partial charge in [-0.15, -0.1) is 0 Å². The average molecular weight is 755 g/mol. The van der Waals surface area contributed by atoms with Gasteiger partial charge in [0.15, 0.2) is 0 Å². The fraction of sp³-hybridized carbons (Fsp3) is 0. The molecule has 0 unspecified atom stereocenters. The molecule has 0 amide bonds. The Balaban J connectivity index is 1.02. The summed E-state index contributed by atoms with van der Waals surface area (Å²) in [7, 11) is 0. The molecule has 0 aliphatic rings. The number of furan rings is 1. The summed E-state index contributed by atoms with van der Waals surface area (Å²) >= 11 is 0. The first-order chi connectivity index (χ1) is 29.2. The molecule has 3 heteroatoms. The molecule has 0 radical (unpaired) electrons. The topological polar surface area (TPSA) is 19.6 Å². The van der Waals surface area contributed by atoms with E-state index >= 15 is 0 Å². The van der Waals surface area contributed by atoms with Gasteiger partial charge in [0.2, 0.25) is 0 Å². The summed E-state index contributed by atoms with van der Waals surface area (Å²) in [5.74, 6) is 0. The van der Waals surface area contributed by atoms with Crippen molar-refractivity contribution in [2.75, 3.05) is 9.80 Å². The number of anilines is 6.